The molecule has 0 spiro atoms. The van der Waals surface area contributed by atoms with Crippen LogP contribution in [0, 0.1) is 0 Å². The van der Waals surface area contributed by atoms with Crippen LogP contribution in [0.1, 0.15) is 99.2 Å². The molecule has 208 valence electrons. The lowest BCUT2D eigenvalue weighted by Crippen LogP contribution is -2.17. The van der Waals surface area contributed by atoms with Gasteiger partial charge >= 0.3 is 5.97 Å². The molecule has 0 atom stereocenters. The minimum atomic E-state index is -0.363. The molecule has 0 saturated heterocycles. The fraction of sp³-hybridized carbons (Fsp3) is 0.417. The summed E-state index contributed by atoms with van der Waals surface area (Å²) in [5, 5.41) is 0. The van der Waals surface area contributed by atoms with Crippen LogP contribution in [0.15, 0.2) is 73.3 Å². The summed E-state index contributed by atoms with van der Waals surface area (Å²) in [6, 6.07) is 22.6. The summed E-state index contributed by atoms with van der Waals surface area (Å²) in [4.78, 5) is 13.7. The van der Waals surface area contributed by atoms with Gasteiger partial charge in [0.05, 0.1) is 18.0 Å². The Hall–Kier alpha value is -3.53. The van der Waals surface area contributed by atoms with Gasteiger partial charge in [0.25, 0.3) is 0 Å². The molecule has 4 nitrogen and oxygen atoms in total. The van der Waals surface area contributed by atoms with Crippen LogP contribution in [-0.2, 0) is 16.0 Å². The second-order valence-corrected chi connectivity index (χ2v) is 11.7. The van der Waals surface area contributed by atoms with Crippen molar-refractivity contribution < 1.29 is 14.3 Å². The summed E-state index contributed by atoms with van der Waals surface area (Å²) in [5.41, 5.74) is 7.38. The molecule has 2 fully saturated rings. The fourth-order valence-corrected chi connectivity index (χ4v) is 6.82. The Morgan fingerprint density at radius 3 is 1.88 bits per heavy atom. The monoisotopic (exact) mass is 535 g/mol. The number of nitrogens with zero attached hydrogens (tertiary/aromatic N) is 1. The van der Waals surface area contributed by atoms with Crippen LogP contribution in [0.25, 0.3) is 0 Å². The number of esters is 1. The van der Waals surface area contributed by atoms with Crippen molar-refractivity contribution in [3.63, 3.8) is 0 Å². The summed E-state index contributed by atoms with van der Waals surface area (Å²) in [7, 11) is 0. The van der Waals surface area contributed by atoms with Crippen LogP contribution < -0.4 is 9.64 Å². The van der Waals surface area contributed by atoms with E-state index in [-0.39, 0.29) is 5.97 Å². The topological polar surface area (TPSA) is 38.8 Å². The summed E-state index contributed by atoms with van der Waals surface area (Å²) < 4.78 is 11.9. The molecule has 4 heteroatoms. The van der Waals surface area contributed by atoms with Crippen LogP contribution in [0.3, 0.4) is 0 Å². The molecule has 0 unspecified atom stereocenters. The summed E-state index contributed by atoms with van der Waals surface area (Å²) in [6.07, 6.45) is 16.0. The van der Waals surface area contributed by atoms with E-state index in [0.717, 1.165) is 41.4 Å². The van der Waals surface area contributed by atoms with Gasteiger partial charge in [0.15, 0.2) is 11.5 Å². The van der Waals surface area contributed by atoms with Crippen LogP contribution in [0.4, 0.5) is 17.1 Å². The van der Waals surface area contributed by atoms with Crippen LogP contribution >= 0.6 is 0 Å². The first-order valence-electron chi connectivity index (χ1n) is 15.3. The molecular formula is C36H41NO3. The lowest BCUT2D eigenvalue weighted by molar-refractivity contribution is -0.137. The van der Waals surface area contributed by atoms with Gasteiger partial charge in [0.1, 0.15) is 0 Å². The van der Waals surface area contributed by atoms with E-state index in [1.807, 2.05) is 0 Å². The third-order valence-corrected chi connectivity index (χ3v) is 9.04. The van der Waals surface area contributed by atoms with Crippen molar-refractivity contribution in [2.45, 2.75) is 88.9 Å². The lowest BCUT2D eigenvalue weighted by Gasteiger charge is -2.35. The van der Waals surface area contributed by atoms with E-state index in [4.69, 9.17) is 9.47 Å². The SMILES string of the molecule is C=CC(=O)OCCCc1ccc(N2c3ccc(C4CCCCC4)cc3Oc3cc(C4CCCCC4)ccc32)cc1. The molecule has 2 aliphatic carbocycles. The standard InChI is InChI=1S/C36H41NO3/c1-2-36(38)39-23-9-10-26-15-19-31(20-16-26)37-32-21-17-29(27-11-5-3-6-12-27)24-34(32)40-35-25-30(18-22-33(35)37)28-13-7-4-8-14-28/h2,15-22,24-25,27-28H,1,3-14,23H2. The zero-order chi connectivity index (χ0) is 27.3. The van der Waals surface area contributed by atoms with E-state index in [1.165, 1.54) is 87.0 Å². The molecule has 0 N–H and O–H groups in total. The minimum absolute atomic E-state index is 0.363. The van der Waals surface area contributed by atoms with Gasteiger partial charge in [0.2, 0.25) is 0 Å². The van der Waals surface area contributed by atoms with Crippen molar-refractivity contribution in [2.75, 3.05) is 11.5 Å². The van der Waals surface area contributed by atoms with Crippen molar-refractivity contribution in [1.29, 1.82) is 0 Å². The predicted octanol–water partition coefficient (Wildman–Crippen LogP) is 10.0. The highest BCUT2D eigenvalue weighted by atomic mass is 16.5. The lowest BCUT2D eigenvalue weighted by atomic mass is 9.83. The Kier molecular flexibility index (Phi) is 8.22. The highest BCUT2D eigenvalue weighted by Crippen LogP contribution is 2.52. The fourth-order valence-electron chi connectivity index (χ4n) is 6.82. The molecule has 40 heavy (non-hydrogen) atoms. The Balaban J connectivity index is 1.29. The Morgan fingerprint density at radius 2 is 1.35 bits per heavy atom. The largest absolute Gasteiger partial charge is 0.463 e. The average Bonchev–Trinajstić information content (AvgIpc) is 3.02. The molecule has 0 radical (unpaired) electrons. The zero-order valence-corrected chi connectivity index (χ0v) is 23.6. The number of hydrogen-bond donors (Lipinski definition) is 0. The second kappa shape index (κ2) is 12.3. The Morgan fingerprint density at radius 1 is 0.800 bits per heavy atom. The normalized spacial score (nSPS) is 17.4. The first-order valence-corrected chi connectivity index (χ1v) is 15.3. The van der Waals surface area contributed by atoms with E-state index >= 15 is 0 Å². The maximum absolute atomic E-state index is 11.3. The van der Waals surface area contributed by atoms with Crippen LogP contribution in [0.2, 0.25) is 0 Å². The maximum Gasteiger partial charge on any atom is 0.330 e. The van der Waals surface area contributed by atoms with Gasteiger partial charge in [0, 0.05) is 11.8 Å². The van der Waals surface area contributed by atoms with Crippen molar-refractivity contribution in [3.05, 3.63) is 90.0 Å². The summed E-state index contributed by atoms with van der Waals surface area (Å²) >= 11 is 0. The number of carbonyl (C=O) groups is 1. The van der Waals surface area contributed by atoms with E-state index in [1.54, 1.807) is 0 Å². The van der Waals surface area contributed by atoms with Gasteiger partial charge in [-0.3, -0.25) is 0 Å². The molecule has 1 heterocycles. The molecule has 3 aromatic rings. The first kappa shape index (κ1) is 26.7. The number of hydrogen-bond acceptors (Lipinski definition) is 4. The predicted molar refractivity (Wildman–Crippen MR) is 162 cm³/mol. The van der Waals surface area contributed by atoms with E-state index < -0.39 is 0 Å². The highest BCUT2D eigenvalue weighted by molar-refractivity contribution is 5.86. The average molecular weight is 536 g/mol. The third-order valence-electron chi connectivity index (χ3n) is 9.04. The summed E-state index contributed by atoms with van der Waals surface area (Å²) in [5.74, 6) is 2.83. The Labute approximate surface area is 239 Å². The summed E-state index contributed by atoms with van der Waals surface area (Å²) in [6.45, 7) is 3.86. The number of anilines is 3. The first-order chi connectivity index (χ1) is 19.7. The van der Waals surface area contributed by atoms with Gasteiger partial charge in [-0.25, -0.2) is 4.79 Å². The molecule has 3 aliphatic rings. The number of carbonyl (C=O) groups excluding carboxylic acids is 1. The van der Waals surface area contributed by atoms with Gasteiger partial charge in [-0.15, -0.1) is 0 Å². The highest BCUT2D eigenvalue weighted by Gasteiger charge is 2.29. The van der Waals surface area contributed by atoms with Gasteiger partial charge in [-0.2, -0.15) is 0 Å². The second-order valence-electron chi connectivity index (χ2n) is 11.7. The molecular weight excluding hydrogens is 494 g/mol. The van der Waals surface area contributed by atoms with E-state index in [9.17, 15) is 4.79 Å². The molecule has 0 bridgehead atoms. The van der Waals surface area contributed by atoms with Gasteiger partial charge < -0.3 is 14.4 Å². The molecule has 6 rings (SSSR count). The van der Waals surface area contributed by atoms with E-state index in [2.05, 4.69) is 72.1 Å². The minimum Gasteiger partial charge on any atom is -0.463 e. The van der Waals surface area contributed by atoms with E-state index in [0.29, 0.717) is 18.4 Å². The Bertz CT molecular complexity index is 1270. The van der Waals surface area contributed by atoms with Crippen molar-refractivity contribution in [2.24, 2.45) is 0 Å². The number of aryl methyl sites for hydroxylation is 1. The maximum atomic E-state index is 11.3. The molecule has 1 aliphatic heterocycles. The molecule has 0 aromatic heterocycles. The molecule has 3 aromatic carbocycles. The molecule has 0 amide bonds. The number of fused-ring (bicyclic) bond motifs is 2. The number of rotatable bonds is 8. The smallest absolute Gasteiger partial charge is 0.330 e. The third kappa shape index (κ3) is 5.82. The molecule has 2 saturated carbocycles. The van der Waals surface area contributed by atoms with Crippen LogP contribution in [0.5, 0.6) is 11.5 Å². The quantitative estimate of drug-likeness (QED) is 0.128. The zero-order valence-electron chi connectivity index (χ0n) is 23.6. The van der Waals surface area contributed by atoms with Gasteiger partial charge in [-0.05, 0) is 103 Å². The van der Waals surface area contributed by atoms with Crippen LogP contribution in [-0.4, -0.2) is 12.6 Å². The number of ether oxygens (including phenoxy) is 2. The van der Waals surface area contributed by atoms with Gasteiger partial charge in [-0.1, -0.05) is 69.4 Å². The van der Waals surface area contributed by atoms with Crippen molar-refractivity contribution in [1.82, 2.24) is 0 Å². The van der Waals surface area contributed by atoms with Crippen molar-refractivity contribution in [3.8, 4) is 11.5 Å². The number of benzene rings is 3. The van der Waals surface area contributed by atoms with Crippen molar-refractivity contribution >= 4 is 23.0 Å².